The van der Waals surface area contributed by atoms with Crippen LogP contribution < -0.4 is 5.32 Å². The van der Waals surface area contributed by atoms with Crippen LogP contribution in [0.25, 0.3) is 0 Å². The number of thiazole rings is 1. The summed E-state index contributed by atoms with van der Waals surface area (Å²) in [4.78, 5) is 5.40. The molecule has 2 atom stereocenters. The number of β-amino-alcohol motifs (C(OH)–C–C–N with tert-alkyl or cyclic N) is 1. The van der Waals surface area contributed by atoms with Crippen LogP contribution in [0.15, 0.2) is 5.51 Å². The van der Waals surface area contributed by atoms with Gasteiger partial charge in [-0.15, -0.1) is 11.3 Å². The Labute approximate surface area is 75.5 Å². The highest BCUT2D eigenvalue weighted by Crippen LogP contribution is 2.28. The maximum atomic E-state index is 9.60. The van der Waals surface area contributed by atoms with Crippen molar-refractivity contribution in [2.45, 2.75) is 18.9 Å². The van der Waals surface area contributed by atoms with E-state index in [9.17, 15) is 5.11 Å². The SMILES string of the molecule is Cc1ncsc1C1CNCC1O. The molecule has 0 bridgehead atoms. The van der Waals surface area contributed by atoms with E-state index in [4.69, 9.17) is 0 Å². The molecule has 66 valence electrons. The van der Waals surface area contributed by atoms with Crippen LogP contribution in [0.5, 0.6) is 0 Å². The third-order valence-electron chi connectivity index (χ3n) is 2.30. The number of aryl methyl sites for hydroxylation is 1. The van der Waals surface area contributed by atoms with Crippen LogP contribution in [-0.2, 0) is 0 Å². The zero-order valence-electron chi connectivity index (χ0n) is 6.95. The Balaban J connectivity index is 2.24. The Bertz CT molecular complexity index is 274. The molecule has 12 heavy (non-hydrogen) atoms. The van der Waals surface area contributed by atoms with Gasteiger partial charge in [0.1, 0.15) is 0 Å². The number of aliphatic hydroxyl groups is 1. The average molecular weight is 184 g/mol. The van der Waals surface area contributed by atoms with E-state index >= 15 is 0 Å². The van der Waals surface area contributed by atoms with Gasteiger partial charge in [0, 0.05) is 23.9 Å². The fraction of sp³-hybridized carbons (Fsp3) is 0.625. The highest BCUT2D eigenvalue weighted by molar-refractivity contribution is 7.09. The van der Waals surface area contributed by atoms with Gasteiger partial charge in [0.05, 0.1) is 17.3 Å². The first-order valence-corrected chi connectivity index (χ1v) is 4.96. The number of rotatable bonds is 1. The lowest BCUT2D eigenvalue weighted by atomic mass is 10.0. The minimum absolute atomic E-state index is 0.232. The maximum Gasteiger partial charge on any atom is 0.0797 e. The Hall–Kier alpha value is -0.450. The number of nitrogens with zero attached hydrogens (tertiary/aromatic N) is 1. The summed E-state index contributed by atoms with van der Waals surface area (Å²) in [6.45, 7) is 3.59. The van der Waals surface area contributed by atoms with Crippen LogP contribution in [0, 0.1) is 6.92 Å². The third-order valence-corrected chi connectivity index (χ3v) is 3.36. The molecule has 4 heteroatoms. The molecular formula is C8H12N2OS. The van der Waals surface area contributed by atoms with Crippen LogP contribution >= 0.6 is 11.3 Å². The molecule has 1 fully saturated rings. The molecule has 3 nitrogen and oxygen atoms in total. The normalized spacial score (nSPS) is 29.5. The summed E-state index contributed by atoms with van der Waals surface area (Å²) in [5, 5.41) is 12.8. The van der Waals surface area contributed by atoms with E-state index in [1.54, 1.807) is 11.3 Å². The maximum absolute atomic E-state index is 9.60. The summed E-state index contributed by atoms with van der Waals surface area (Å²) in [6.07, 6.45) is -0.232. The predicted octanol–water partition coefficient (Wildman–Crippen LogP) is 0.499. The van der Waals surface area contributed by atoms with Crippen molar-refractivity contribution in [3.05, 3.63) is 16.1 Å². The van der Waals surface area contributed by atoms with E-state index in [2.05, 4.69) is 10.3 Å². The zero-order valence-corrected chi connectivity index (χ0v) is 7.77. The molecule has 0 spiro atoms. The van der Waals surface area contributed by atoms with E-state index in [0.717, 1.165) is 12.2 Å². The van der Waals surface area contributed by atoms with Gasteiger partial charge in [-0.05, 0) is 6.92 Å². The first-order chi connectivity index (χ1) is 5.79. The van der Waals surface area contributed by atoms with Crippen LogP contribution in [0.1, 0.15) is 16.5 Å². The molecule has 2 unspecified atom stereocenters. The molecule has 2 heterocycles. The summed E-state index contributed by atoms with van der Waals surface area (Å²) in [6, 6.07) is 0. The first-order valence-electron chi connectivity index (χ1n) is 4.08. The molecule has 0 aliphatic carbocycles. The number of hydrogen-bond donors (Lipinski definition) is 2. The molecule has 1 aliphatic rings. The molecule has 0 amide bonds. The van der Waals surface area contributed by atoms with Crippen LogP contribution in [0.3, 0.4) is 0 Å². The van der Waals surface area contributed by atoms with Gasteiger partial charge in [0.2, 0.25) is 0 Å². The van der Waals surface area contributed by atoms with Gasteiger partial charge in [0.15, 0.2) is 0 Å². The predicted molar refractivity (Wildman–Crippen MR) is 48.5 cm³/mol. The van der Waals surface area contributed by atoms with Crippen molar-refractivity contribution in [3.8, 4) is 0 Å². The van der Waals surface area contributed by atoms with Crippen molar-refractivity contribution in [1.82, 2.24) is 10.3 Å². The van der Waals surface area contributed by atoms with Crippen molar-refractivity contribution in [2.75, 3.05) is 13.1 Å². The molecule has 1 aromatic rings. The second kappa shape index (κ2) is 3.12. The minimum atomic E-state index is -0.232. The molecule has 1 saturated heterocycles. The molecule has 2 N–H and O–H groups in total. The Morgan fingerprint density at radius 1 is 1.67 bits per heavy atom. The number of nitrogens with one attached hydrogen (secondary N) is 1. The molecule has 0 radical (unpaired) electrons. The highest BCUT2D eigenvalue weighted by Gasteiger charge is 2.28. The van der Waals surface area contributed by atoms with Crippen molar-refractivity contribution in [2.24, 2.45) is 0 Å². The quantitative estimate of drug-likeness (QED) is 0.668. The van der Waals surface area contributed by atoms with Crippen molar-refractivity contribution < 1.29 is 5.11 Å². The molecular weight excluding hydrogens is 172 g/mol. The molecule has 0 aromatic carbocycles. The lowest BCUT2D eigenvalue weighted by Gasteiger charge is -2.10. The lowest BCUT2D eigenvalue weighted by Crippen LogP contribution is -2.15. The number of aromatic nitrogens is 1. The second-order valence-electron chi connectivity index (χ2n) is 3.13. The highest BCUT2D eigenvalue weighted by atomic mass is 32.1. The average Bonchev–Trinajstić information content (AvgIpc) is 2.59. The first kappa shape index (κ1) is 8.16. The van der Waals surface area contributed by atoms with Crippen molar-refractivity contribution in [1.29, 1.82) is 0 Å². The van der Waals surface area contributed by atoms with E-state index in [-0.39, 0.29) is 12.0 Å². The van der Waals surface area contributed by atoms with Gasteiger partial charge in [-0.3, -0.25) is 0 Å². The van der Waals surface area contributed by atoms with Gasteiger partial charge in [0.25, 0.3) is 0 Å². The summed E-state index contributed by atoms with van der Waals surface area (Å²) in [5.41, 5.74) is 2.91. The monoisotopic (exact) mass is 184 g/mol. The molecule has 2 rings (SSSR count). The number of hydrogen-bond acceptors (Lipinski definition) is 4. The smallest absolute Gasteiger partial charge is 0.0797 e. The largest absolute Gasteiger partial charge is 0.391 e. The van der Waals surface area contributed by atoms with E-state index in [1.165, 1.54) is 4.88 Å². The second-order valence-corrected chi connectivity index (χ2v) is 4.02. The van der Waals surface area contributed by atoms with E-state index in [0.29, 0.717) is 6.54 Å². The standard InChI is InChI=1S/C8H12N2OS/c1-5-8(12-4-10-5)6-2-9-3-7(6)11/h4,6-7,9,11H,2-3H2,1H3. The third kappa shape index (κ3) is 1.26. The molecule has 1 aromatic heterocycles. The summed E-state index contributed by atoms with van der Waals surface area (Å²) >= 11 is 1.64. The topological polar surface area (TPSA) is 45.2 Å². The molecule has 0 saturated carbocycles. The van der Waals surface area contributed by atoms with Crippen molar-refractivity contribution >= 4 is 11.3 Å². The summed E-state index contributed by atoms with van der Waals surface area (Å²) in [7, 11) is 0. The van der Waals surface area contributed by atoms with E-state index in [1.807, 2.05) is 12.4 Å². The Morgan fingerprint density at radius 2 is 2.50 bits per heavy atom. The van der Waals surface area contributed by atoms with Crippen LogP contribution in [-0.4, -0.2) is 29.3 Å². The lowest BCUT2D eigenvalue weighted by molar-refractivity contribution is 0.178. The van der Waals surface area contributed by atoms with Gasteiger partial charge in [-0.2, -0.15) is 0 Å². The Kier molecular flexibility index (Phi) is 2.12. The van der Waals surface area contributed by atoms with Gasteiger partial charge in [-0.1, -0.05) is 0 Å². The van der Waals surface area contributed by atoms with Crippen molar-refractivity contribution in [3.63, 3.8) is 0 Å². The number of aliphatic hydroxyl groups excluding tert-OH is 1. The fourth-order valence-corrected chi connectivity index (χ4v) is 2.56. The Morgan fingerprint density at radius 3 is 3.00 bits per heavy atom. The summed E-state index contributed by atoms with van der Waals surface area (Å²) in [5.74, 6) is 0.262. The van der Waals surface area contributed by atoms with Gasteiger partial charge < -0.3 is 10.4 Å². The van der Waals surface area contributed by atoms with Crippen LogP contribution in [0.2, 0.25) is 0 Å². The minimum Gasteiger partial charge on any atom is -0.391 e. The molecule has 1 aliphatic heterocycles. The van der Waals surface area contributed by atoms with Gasteiger partial charge in [-0.25, -0.2) is 4.98 Å². The fourth-order valence-electron chi connectivity index (χ4n) is 1.60. The summed E-state index contributed by atoms with van der Waals surface area (Å²) < 4.78 is 0. The van der Waals surface area contributed by atoms with E-state index < -0.39 is 0 Å². The zero-order chi connectivity index (χ0) is 8.55. The van der Waals surface area contributed by atoms with Crippen LogP contribution in [0.4, 0.5) is 0 Å². The van der Waals surface area contributed by atoms with Gasteiger partial charge >= 0.3 is 0 Å².